The summed E-state index contributed by atoms with van der Waals surface area (Å²) in [4.78, 5) is 8.94. The van der Waals surface area contributed by atoms with E-state index in [-0.39, 0.29) is 6.10 Å². The Morgan fingerprint density at radius 3 is 3.06 bits per heavy atom. The minimum atomic E-state index is 0.271. The molecule has 5 heteroatoms. The van der Waals surface area contributed by atoms with Crippen LogP contribution in [0.25, 0.3) is 0 Å². The second-order valence-electron chi connectivity index (χ2n) is 4.59. The number of ether oxygens (including phenoxy) is 2. The van der Waals surface area contributed by atoms with Crippen molar-refractivity contribution in [2.24, 2.45) is 0 Å². The summed E-state index contributed by atoms with van der Waals surface area (Å²) in [5.74, 6) is 1.39. The van der Waals surface area contributed by atoms with Crippen molar-refractivity contribution in [1.29, 1.82) is 0 Å². The lowest BCUT2D eigenvalue weighted by Gasteiger charge is -2.18. The van der Waals surface area contributed by atoms with Crippen LogP contribution in [0, 0.1) is 0 Å². The zero-order valence-electron chi connectivity index (χ0n) is 9.82. The number of rotatable bonds is 2. The number of anilines is 1. The third-order valence-electron chi connectivity index (χ3n) is 3.33. The van der Waals surface area contributed by atoms with E-state index in [0.29, 0.717) is 12.4 Å². The molecule has 0 spiro atoms. The number of nitrogens with two attached hydrogens (primary N) is 1. The van der Waals surface area contributed by atoms with Crippen molar-refractivity contribution in [2.45, 2.75) is 38.4 Å². The van der Waals surface area contributed by atoms with Crippen molar-refractivity contribution < 1.29 is 9.47 Å². The average molecular weight is 235 g/mol. The van der Waals surface area contributed by atoms with Crippen LogP contribution >= 0.6 is 0 Å². The molecule has 1 aromatic heterocycles. The second kappa shape index (κ2) is 4.58. The van der Waals surface area contributed by atoms with E-state index in [1.807, 2.05) is 0 Å². The first kappa shape index (κ1) is 10.9. The highest BCUT2D eigenvalue weighted by Crippen LogP contribution is 2.22. The molecule has 0 radical (unpaired) electrons. The number of fused-ring (bicyclic) bond motifs is 1. The van der Waals surface area contributed by atoms with Gasteiger partial charge < -0.3 is 15.2 Å². The molecule has 2 aliphatic heterocycles. The number of nitrogen functional groups attached to an aromatic ring is 1. The molecule has 1 atom stereocenters. The molecular formula is C12H17N3O2. The van der Waals surface area contributed by atoms with E-state index < -0.39 is 0 Å². The maximum atomic E-state index is 5.94. The third kappa shape index (κ3) is 2.25. The summed E-state index contributed by atoms with van der Waals surface area (Å²) >= 11 is 0. The van der Waals surface area contributed by atoms with Crippen molar-refractivity contribution in [3.63, 3.8) is 0 Å². The first-order valence-electron chi connectivity index (χ1n) is 6.16. The third-order valence-corrected chi connectivity index (χ3v) is 3.33. The van der Waals surface area contributed by atoms with Crippen molar-refractivity contribution >= 4 is 5.82 Å². The molecule has 1 saturated heterocycles. The van der Waals surface area contributed by atoms with Gasteiger partial charge in [0.05, 0.1) is 25.0 Å². The van der Waals surface area contributed by atoms with Gasteiger partial charge in [0.15, 0.2) is 0 Å². The van der Waals surface area contributed by atoms with E-state index in [4.69, 9.17) is 15.2 Å². The van der Waals surface area contributed by atoms with Gasteiger partial charge in [0, 0.05) is 25.0 Å². The number of hydrogen-bond donors (Lipinski definition) is 1. The van der Waals surface area contributed by atoms with E-state index in [1.165, 1.54) is 0 Å². The fourth-order valence-electron chi connectivity index (χ4n) is 2.41. The standard InChI is InChI=1S/C12H17N3O2/c13-12-9-7-16-5-3-10(9)14-11(15-12)6-8-2-1-4-17-8/h8H,1-7H2,(H2,13,14,15). The van der Waals surface area contributed by atoms with Crippen LogP contribution in [-0.2, 0) is 28.9 Å². The zero-order chi connectivity index (χ0) is 11.7. The molecule has 2 N–H and O–H groups in total. The molecular weight excluding hydrogens is 218 g/mol. The number of hydrogen-bond acceptors (Lipinski definition) is 5. The summed E-state index contributed by atoms with van der Waals surface area (Å²) in [6.45, 7) is 2.13. The van der Waals surface area contributed by atoms with Gasteiger partial charge in [-0.3, -0.25) is 0 Å². The van der Waals surface area contributed by atoms with E-state index in [9.17, 15) is 0 Å². The van der Waals surface area contributed by atoms with Gasteiger partial charge in [0.2, 0.25) is 0 Å². The molecule has 0 saturated carbocycles. The molecule has 92 valence electrons. The van der Waals surface area contributed by atoms with Crippen LogP contribution in [0.2, 0.25) is 0 Å². The van der Waals surface area contributed by atoms with Crippen LogP contribution in [-0.4, -0.2) is 29.3 Å². The van der Waals surface area contributed by atoms with Crippen molar-refractivity contribution in [2.75, 3.05) is 18.9 Å². The minimum Gasteiger partial charge on any atom is -0.383 e. The topological polar surface area (TPSA) is 70.3 Å². The molecule has 3 rings (SSSR count). The molecule has 0 bridgehead atoms. The first-order chi connectivity index (χ1) is 8.33. The smallest absolute Gasteiger partial charge is 0.133 e. The van der Waals surface area contributed by atoms with Crippen molar-refractivity contribution in [3.8, 4) is 0 Å². The lowest BCUT2D eigenvalue weighted by molar-refractivity contribution is 0.106. The highest BCUT2D eigenvalue weighted by atomic mass is 16.5. The highest BCUT2D eigenvalue weighted by molar-refractivity contribution is 5.42. The summed E-state index contributed by atoms with van der Waals surface area (Å²) in [5.41, 5.74) is 7.96. The van der Waals surface area contributed by atoms with Gasteiger partial charge >= 0.3 is 0 Å². The Kier molecular flexibility index (Phi) is 2.94. The van der Waals surface area contributed by atoms with Crippen molar-refractivity contribution in [3.05, 3.63) is 17.1 Å². The molecule has 1 aromatic rings. The van der Waals surface area contributed by atoms with E-state index in [2.05, 4.69) is 9.97 Å². The van der Waals surface area contributed by atoms with Crippen LogP contribution < -0.4 is 5.73 Å². The monoisotopic (exact) mass is 235 g/mol. The molecule has 0 aliphatic carbocycles. The fraction of sp³-hybridized carbons (Fsp3) is 0.667. The Morgan fingerprint density at radius 2 is 2.24 bits per heavy atom. The van der Waals surface area contributed by atoms with Crippen LogP contribution in [0.1, 0.15) is 29.9 Å². The van der Waals surface area contributed by atoms with Gasteiger partial charge in [-0.25, -0.2) is 9.97 Å². The average Bonchev–Trinajstić information content (AvgIpc) is 2.82. The molecule has 1 unspecified atom stereocenters. The normalized spacial score (nSPS) is 23.6. The Morgan fingerprint density at radius 1 is 1.29 bits per heavy atom. The summed E-state index contributed by atoms with van der Waals surface area (Å²) < 4.78 is 11.0. The second-order valence-corrected chi connectivity index (χ2v) is 4.59. The maximum Gasteiger partial charge on any atom is 0.133 e. The van der Waals surface area contributed by atoms with Gasteiger partial charge in [0.1, 0.15) is 11.6 Å². The molecule has 0 aromatic carbocycles. The van der Waals surface area contributed by atoms with E-state index >= 15 is 0 Å². The molecule has 17 heavy (non-hydrogen) atoms. The van der Waals surface area contributed by atoms with Crippen LogP contribution in [0.15, 0.2) is 0 Å². The Bertz CT molecular complexity index is 416. The number of nitrogens with zero attached hydrogens (tertiary/aromatic N) is 2. The predicted molar refractivity (Wildman–Crippen MR) is 62.5 cm³/mol. The molecule has 1 fully saturated rings. The molecule has 5 nitrogen and oxygen atoms in total. The Hall–Kier alpha value is -1.20. The van der Waals surface area contributed by atoms with Gasteiger partial charge in [0.25, 0.3) is 0 Å². The fourth-order valence-corrected chi connectivity index (χ4v) is 2.41. The lowest BCUT2D eigenvalue weighted by Crippen LogP contribution is -2.19. The highest BCUT2D eigenvalue weighted by Gasteiger charge is 2.21. The zero-order valence-corrected chi connectivity index (χ0v) is 9.82. The quantitative estimate of drug-likeness (QED) is 0.823. The SMILES string of the molecule is Nc1nc(CC2CCCO2)nc2c1COCC2. The molecule has 3 heterocycles. The Balaban J connectivity index is 1.82. The van der Waals surface area contributed by atoms with Gasteiger partial charge in [-0.1, -0.05) is 0 Å². The number of aromatic nitrogens is 2. The lowest BCUT2D eigenvalue weighted by atomic mass is 10.1. The van der Waals surface area contributed by atoms with Crippen LogP contribution in [0.5, 0.6) is 0 Å². The summed E-state index contributed by atoms with van der Waals surface area (Å²) in [6, 6.07) is 0. The first-order valence-corrected chi connectivity index (χ1v) is 6.16. The summed E-state index contributed by atoms with van der Waals surface area (Å²) in [6.07, 6.45) is 4.12. The van der Waals surface area contributed by atoms with Gasteiger partial charge in [-0.05, 0) is 12.8 Å². The van der Waals surface area contributed by atoms with Gasteiger partial charge in [-0.2, -0.15) is 0 Å². The van der Waals surface area contributed by atoms with Crippen molar-refractivity contribution in [1.82, 2.24) is 9.97 Å². The minimum absolute atomic E-state index is 0.271. The van der Waals surface area contributed by atoms with E-state index in [0.717, 1.165) is 56.0 Å². The largest absolute Gasteiger partial charge is 0.383 e. The predicted octanol–water partition coefficient (Wildman–Crippen LogP) is 0.853. The summed E-state index contributed by atoms with van der Waals surface area (Å²) in [5, 5.41) is 0. The van der Waals surface area contributed by atoms with E-state index in [1.54, 1.807) is 0 Å². The summed E-state index contributed by atoms with van der Waals surface area (Å²) in [7, 11) is 0. The van der Waals surface area contributed by atoms with Crippen LogP contribution in [0.3, 0.4) is 0 Å². The van der Waals surface area contributed by atoms with Gasteiger partial charge in [-0.15, -0.1) is 0 Å². The molecule has 0 amide bonds. The maximum absolute atomic E-state index is 5.94. The van der Waals surface area contributed by atoms with Crippen LogP contribution in [0.4, 0.5) is 5.82 Å². The molecule has 2 aliphatic rings. The Labute approximate surface area is 100 Å².